The van der Waals surface area contributed by atoms with Crippen molar-refractivity contribution in [2.45, 2.75) is 53.0 Å². The number of halogens is 3. The number of hydrogen-bond acceptors (Lipinski definition) is 5. The van der Waals surface area contributed by atoms with Crippen LogP contribution in [0.3, 0.4) is 0 Å². The number of benzene rings is 1. The molecular weight excluding hydrogens is 463 g/mol. The summed E-state index contributed by atoms with van der Waals surface area (Å²) in [7, 11) is 1.97. The van der Waals surface area contributed by atoms with Crippen LogP contribution in [0.15, 0.2) is 49.1 Å². The third-order valence-electron chi connectivity index (χ3n) is 6.79. The molecule has 0 amide bonds. The average Bonchev–Trinajstić information content (AvgIpc) is 2.76. The molecule has 1 N–H and O–H groups in total. The van der Waals surface area contributed by atoms with E-state index in [2.05, 4.69) is 41.0 Å². The first-order valence-electron chi connectivity index (χ1n) is 12.1. The van der Waals surface area contributed by atoms with Gasteiger partial charge in [0.15, 0.2) is 0 Å². The zero-order chi connectivity index (χ0) is 26.6. The van der Waals surface area contributed by atoms with Gasteiger partial charge in [-0.15, -0.1) is 13.2 Å². The average molecular weight is 500 g/mol. The molecule has 0 atom stereocenters. The summed E-state index contributed by atoms with van der Waals surface area (Å²) in [5, 5.41) is 3.36. The smallest absolute Gasteiger partial charge is 0.235 e. The second kappa shape index (κ2) is 11.2. The predicted molar refractivity (Wildman–Crippen MR) is 142 cm³/mol. The van der Waals surface area contributed by atoms with Gasteiger partial charge in [0.25, 0.3) is 0 Å². The summed E-state index contributed by atoms with van der Waals surface area (Å²) >= 11 is 0. The summed E-state index contributed by atoms with van der Waals surface area (Å²) < 4.78 is 35.1. The number of aliphatic imine (C=N–C) groups is 1. The minimum absolute atomic E-state index is 0.273. The number of anilines is 1. The molecular formula is C28H36F3N5. The molecule has 2 aromatic rings. The summed E-state index contributed by atoms with van der Waals surface area (Å²) in [5.74, 6) is 1.46. The fourth-order valence-corrected chi connectivity index (χ4v) is 4.88. The van der Waals surface area contributed by atoms with Crippen LogP contribution in [0, 0.1) is 25.1 Å². The number of nitrogens with zero attached hydrogens (tertiary/aromatic N) is 4. The van der Waals surface area contributed by atoms with E-state index in [9.17, 15) is 13.2 Å². The number of aryl methyl sites for hydroxylation is 2. The second-order valence-corrected chi connectivity index (χ2v) is 9.64. The molecule has 194 valence electrons. The molecule has 0 bridgehead atoms. The van der Waals surface area contributed by atoms with Crippen LogP contribution in [0.1, 0.15) is 48.4 Å². The van der Waals surface area contributed by atoms with Crippen molar-refractivity contribution in [2.24, 2.45) is 10.4 Å². The molecule has 8 heteroatoms. The van der Waals surface area contributed by atoms with Gasteiger partial charge in [-0.05, 0) is 56.9 Å². The van der Waals surface area contributed by atoms with Crippen LogP contribution in [0.2, 0.25) is 0 Å². The van der Waals surface area contributed by atoms with E-state index in [0.717, 1.165) is 65.4 Å². The molecule has 3 aliphatic rings. The van der Waals surface area contributed by atoms with Gasteiger partial charge in [0.05, 0.1) is 5.69 Å². The highest BCUT2D eigenvalue weighted by atomic mass is 19.3. The van der Waals surface area contributed by atoms with Crippen LogP contribution in [0.4, 0.5) is 24.7 Å². The van der Waals surface area contributed by atoms with E-state index in [1.54, 1.807) is 6.07 Å². The molecule has 1 aliphatic carbocycles. The quantitative estimate of drug-likeness (QED) is 0.466. The predicted octanol–water partition coefficient (Wildman–Crippen LogP) is 6.91. The van der Waals surface area contributed by atoms with Crippen molar-refractivity contribution in [3.05, 3.63) is 72.2 Å². The van der Waals surface area contributed by atoms with E-state index in [-0.39, 0.29) is 5.82 Å². The number of aromatic nitrogens is 1. The van der Waals surface area contributed by atoms with Crippen LogP contribution in [-0.2, 0) is 6.54 Å². The van der Waals surface area contributed by atoms with E-state index in [1.807, 2.05) is 32.0 Å². The van der Waals surface area contributed by atoms with E-state index in [1.165, 1.54) is 25.3 Å². The van der Waals surface area contributed by atoms with Gasteiger partial charge in [-0.1, -0.05) is 19.1 Å². The number of rotatable bonds is 3. The lowest BCUT2D eigenvalue weighted by Gasteiger charge is -2.58. The van der Waals surface area contributed by atoms with Gasteiger partial charge < -0.3 is 15.1 Å². The number of likely N-dealkylation sites (tertiary alicyclic amines) is 1. The molecule has 3 heterocycles. The summed E-state index contributed by atoms with van der Waals surface area (Å²) in [4.78, 5) is 13.8. The van der Waals surface area contributed by atoms with Crippen molar-refractivity contribution >= 4 is 23.2 Å². The molecule has 5 rings (SSSR count). The third-order valence-corrected chi connectivity index (χ3v) is 6.79. The number of nitrogens with one attached hydrogen (secondary N) is 1. The zero-order valence-electron chi connectivity index (χ0n) is 21.7. The Balaban J connectivity index is 0.000000550. The van der Waals surface area contributed by atoms with Crippen molar-refractivity contribution in [2.75, 3.05) is 25.5 Å². The molecule has 2 fully saturated rings. The first kappa shape index (κ1) is 27.3. The van der Waals surface area contributed by atoms with Gasteiger partial charge in [0, 0.05) is 55.1 Å². The molecule has 5 nitrogen and oxygen atoms in total. The first-order valence-corrected chi connectivity index (χ1v) is 12.1. The van der Waals surface area contributed by atoms with E-state index >= 15 is 0 Å². The SMILES string of the molecule is C=C.C=C1c2cc(F)cc(CNc3ncc(C)cc3C)c2N=C(N2CC3(CCC3)C2)N1C.CC(F)F. The molecule has 2 aliphatic heterocycles. The largest absolute Gasteiger partial charge is 0.366 e. The van der Waals surface area contributed by atoms with Crippen molar-refractivity contribution in [1.29, 1.82) is 0 Å². The van der Waals surface area contributed by atoms with E-state index < -0.39 is 6.43 Å². The van der Waals surface area contributed by atoms with Crippen molar-refractivity contribution in [3.63, 3.8) is 0 Å². The molecule has 1 saturated heterocycles. The zero-order valence-corrected chi connectivity index (χ0v) is 21.7. The maximum Gasteiger partial charge on any atom is 0.235 e. The Labute approximate surface area is 212 Å². The second-order valence-electron chi connectivity index (χ2n) is 9.64. The Morgan fingerprint density at radius 2 is 1.78 bits per heavy atom. The normalized spacial score (nSPS) is 17.1. The monoisotopic (exact) mass is 499 g/mol. The Morgan fingerprint density at radius 1 is 1.14 bits per heavy atom. The Hall–Kier alpha value is -3.29. The maximum atomic E-state index is 14.4. The van der Waals surface area contributed by atoms with Gasteiger partial charge in [-0.25, -0.2) is 23.1 Å². The van der Waals surface area contributed by atoms with Gasteiger partial charge >= 0.3 is 0 Å². The highest BCUT2D eigenvalue weighted by Crippen LogP contribution is 2.49. The van der Waals surface area contributed by atoms with Crippen LogP contribution in [0.25, 0.3) is 5.70 Å². The number of fused-ring (bicyclic) bond motifs is 1. The van der Waals surface area contributed by atoms with Gasteiger partial charge in [0.2, 0.25) is 12.4 Å². The molecule has 1 spiro atoms. The highest BCUT2D eigenvalue weighted by Gasteiger charge is 2.49. The summed E-state index contributed by atoms with van der Waals surface area (Å²) in [6, 6.07) is 5.19. The summed E-state index contributed by atoms with van der Waals surface area (Å²) in [6.45, 7) is 17.7. The number of alkyl halides is 2. The van der Waals surface area contributed by atoms with Crippen molar-refractivity contribution in [3.8, 4) is 0 Å². The Morgan fingerprint density at radius 3 is 2.33 bits per heavy atom. The van der Waals surface area contributed by atoms with E-state index in [0.29, 0.717) is 12.0 Å². The molecule has 36 heavy (non-hydrogen) atoms. The van der Waals surface area contributed by atoms with Crippen molar-refractivity contribution < 1.29 is 13.2 Å². The van der Waals surface area contributed by atoms with Gasteiger partial charge in [0.1, 0.15) is 11.6 Å². The molecule has 1 saturated carbocycles. The molecule has 1 aromatic carbocycles. The van der Waals surface area contributed by atoms with Crippen LogP contribution in [-0.4, -0.2) is 47.3 Å². The molecule has 0 radical (unpaired) electrons. The standard InChI is InChI=1S/C24H28FN5.C2H4F2.C2H4/c1-15-8-16(2)22(26-11-15)27-12-18-9-19(25)10-20-17(3)29(4)23(28-21(18)20)30-13-24(14-30)6-5-7-24;1-2(3)4;1-2/h8-11H,3,5-7,12-14H2,1-2,4H3,(H,26,27);2H,1H3;1-2H2. The summed E-state index contributed by atoms with van der Waals surface area (Å²) in [5.41, 5.74) is 5.86. The first-order chi connectivity index (χ1) is 17.1. The topological polar surface area (TPSA) is 43.8 Å². The maximum absolute atomic E-state index is 14.4. The molecule has 1 aromatic heterocycles. The number of pyridine rings is 1. The fourth-order valence-electron chi connectivity index (χ4n) is 4.88. The lowest BCUT2D eigenvalue weighted by atomic mass is 9.63. The number of guanidine groups is 1. The summed E-state index contributed by atoms with van der Waals surface area (Å²) in [6.07, 6.45) is 3.65. The Kier molecular flexibility index (Phi) is 8.48. The van der Waals surface area contributed by atoms with Crippen LogP contribution in [0.5, 0.6) is 0 Å². The van der Waals surface area contributed by atoms with E-state index in [4.69, 9.17) is 4.99 Å². The lowest BCUT2D eigenvalue weighted by Crippen LogP contribution is -2.63. The highest BCUT2D eigenvalue weighted by molar-refractivity contribution is 5.97. The van der Waals surface area contributed by atoms with Crippen LogP contribution >= 0.6 is 0 Å². The Bertz CT molecular complexity index is 1130. The molecule has 0 unspecified atom stereocenters. The van der Waals surface area contributed by atoms with Gasteiger partial charge in [-0.2, -0.15) is 0 Å². The third kappa shape index (κ3) is 5.74. The van der Waals surface area contributed by atoms with Crippen molar-refractivity contribution in [1.82, 2.24) is 14.8 Å². The fraction of sp³-hybridized carbons (Fsp3) is 0.429. The lowest BCUT2D eigenvalue weighted by molar-refractivity contribution is -0.0216. The number of hydrogen-bond donors (Lipinski definition) is 1. The minimum Gasteiger partial charge on any atom is -0.366 e. The van der Waals surface area contributed by atoms with Crippen LogP contribution < -0.4 is 5.32 Å². The minimum atomic E-state index is -2.17. The van der Waals surface area contributed by atoms with Gasteiger partial charge in [-0.3, -0.25) is 0 Å².